The van der Waals surface area contributed by atoms with E-state index in [1.807, 2.05) is 0 Å². The topological polar surface area (TPSA) is 37.4 Å². The third-order valence-electron chi connectivity index (χ3n) is 6.72. The van der Waals surface area contributed by atoms with Gasteiger partial charge >= 0.3 is 23.9 Å². The molecule has 0 radical (unpaired) electrons. The van der Waals surface area contributed by atoms with Crippen molar-refractivity contribution < 1.29 is 47.9 Å². The van der Waals surface area contributed by atoms with E-state index in [-0.39, 0.29) is 14.0 Å². The monoisotopic (exact) mass is 699 g/mol. The summed E-state index contributed by atoms with van der Waals surface area (Å²) in [5.41, 5.74) is -0.603. The molecule has 1 aliphatic rings. The van der Waals surface area contributed by atoms with Gasteiger partial charge < -0.3 is 0 Å². The Kier molecular flexibility index (Phi) is 8.32. The van der Waals surface area contributed by atoms with Gasteiger partial charge in [0.25, 0.3) is 0 Å². The lowest BCUT2D eigenvalue weighted by Gasteiger charge is -2.38. The number of hydrogen-bond acceptors (Lipinski definition) is 2. The Morgan fingerprint density at radius 1 is 0.897 bits per heavy atom. The number of nitrogens with zero attached hydrogens (tertiary/aromatic N) is 1. The molecule has 1 unspecified atom stereocenters. The predicted molar refractivity (Wildman–Crippen MR) is 136 cm³/mol. The first-order chi connectivity index (χ1) is 17.6. The van der Waals surface area contributed by atoms with E-state index in [9.17, 15) is 47.9 Å². The lowest BCUT2D eigenvalue weighted by molar-refractivity contribution is -0.398. The minimum atomic E-state index is -7.04. The van der Waals surface area contributed by atoms with Crippen LogP contribution in [0.15, 0.2) is 59.0 Å². The molecule has 1 heterocycles. The van der Waals surface area contributed by atoms with Crippen LogP contribution in [0.3, 0.4) is 0 Å². The maximum atomic E-state index is 14.9. The van der Waals surface area contributed by atoms with Gasteiger partial charge in [0.15, 0.2) is 0 Å². The van der Waals surface area contributed by atoms with E-state index in [0.29, 0.717) is 16.7 Å². The van der Waals surface area contributed by atoms with E-state index in [4.69, 9.17) is 0 Å². The van der Waals surface area contributed by atoms with E-state index in [1.165, 1.54) is 24.3 Å². The van der Waals surface area contributed by atoms with Crippen LogP contribution in [0.2, 0.25) is 0 Å². The summed E-state index contributed by atoms with van der Waals surface area (Å²) in [6.45, 7) is 2.86. The number of hydrogen-bond donors (Lipinski definition) is 0. The molecule has 0 aliphatic carbocycles. The fourth-order valence-corrected chi connectivity index (χ4v) is 7.38. The van der Waals surface area contributed by atoms with Gasteiger partial charge in [-0.25, -0.2) is 8.42 Å². The zero-order valence-corrected chi connectivity index (χ0v) is 23.7. The summed E-state index contributed by atoms with van der Waals surface area (Å²) in [5.74, 6) is -19.7. The summed E-state index contributed by atoms with van der Waals surface area (Å²) < 4.78 is 151. The van der Waals surface area contributed by atoms with E-state index in [2.05, 4.69) is 0 Å². The second-order valence-electron chi connectivity index (χ2n) is 9.78. The van der Waals surface area contributed by atoms with Crippen LogP contribution in [0, 0.1) is 19.3 Å². The summed E-state index contributed by atoms with van der Waals surface area (Å²) in [5, 5.41) is 0. The summed E-state index contributed by atoms with van der Waals surface area (Å²) in [4.78, 5) is -0.233. The molecule has 1 fully saturated rings. The number of sulfonamides is 1. The summed E-state index contributed by atoms with van der Waals surface area (Å²) in [6, 6.07) is 11.9. The second kappa shape index (κ2) is 10.2. The molecule has 0 saturated carbocycles. The zero-order valence-electron chi connectivity index (χ0n) is 20.7. The summed E-state index contributed by atoms with van der Waals surface area (Å²) in [6.07, 6.45) is -9.13. The third-order valence-corrected chi connectivity index (χ3v) is 9.75. The van der Waals surface area contributed by atoms with Gasteiger partial charge in [-0.1, -0.05) is 48.9 Å². The zero-order chi connectivity index (χ0) is 29.8. The Balaban J connectivity index is 2.17. The number of alkyl halides is 9. The van der Waals surface area contributed by atoms with Crippen molar-refractivity contribution >= 4 is 36.2 Å². The van der Waals surface area contributed by atoms with Gasteiger partial charge in [0.05, 0.1) is 4.90 Å². The molecule has 0 aromatic heterocycles. The van der Waals surface area contributed by atoms with Crippen molar-refractivity contribution in [3.05, 3.63) is 70.8 Å². The largest absolute Gasteiger partial charge is 0.460 e. The molecule has 1 aliphatic heterocycles. The summed E-state index contributed by atoms with van der Waals surface area (Å²) >= 11 is 1.72. The Morgan fingerprint density at radius 3 is 1.95 bits per heavy atom. The molecule has 3 nitrogen and oxygen atoms in total. The number of aryl methyl sites for hydroxylation is 2. The summed E-state index contributed by atoms with van der Waals surface area (Å²) in [7, 11) is -4.39. The fraction of sp³-hybridized carbons (Fsp3) is 0.440. The Bertz CT molecular complexity index is 1370. The molecular weight excluding hydrogens is 676 g/mol. The SMILES string of the molecule is Cc1ccc(S(=O)(=O)N2CC(=C(I)c3ccccc3C)C(C)(CC(F)(F)C(F)(F)C(F)(F)C(F)(F)F)C2)cc1. The van der Waals surface area contributed by atoms with Crippen LogP contribution in [-0.2, 0) is 10.0 Å². The van der Waals surface area contributed by atoms with Gasteiger partial charge in [-0.05, 0) is 65.3 Å². The number of halogens is 10. The van der Waals surface area contributed by atoms with Crippen molar-refractivity contribution in [1.82, 2.24) is 4.31 Å². The van der Waals surface area contributed by atoms with Crippen LogP contribution in [0.25, 0.3) is 3.58 Å². The molecule has 14 heteroatoms. The highest BCUT2D eigenvalue weighted by Gasteiger charge is 2.82. The van der Waals surface area contributed by atoms with Crippen LogP contribution >= 0.6 is 22.6 Å². The average Bonchev–Trinajstić information content (AvgIpc) is 3.15. The molecule has 1 atom stereocenters. The maximum absolute atomic E-state index is 14.9. The van der Waals surface area contributed by atoms with E-state index in [1.54, 1.807) is 60.7 Å². The molecule has 2 aromatic rings. The van der Waals surface area contributed by atoms with E-state index >= 15 is 0 Å². The number of benzene rings is 2. The Hall–Kier alpha value is -1.81. The van der Waals surface area contributed by atoms with Gasteiger partial charge in [0.2, 0.25) is 10.0 Å². The van der Waals surface area contributed by atoms with Crippen LogP contribution < -0.4 is 0 Å². The second-order valence-corrected chi connectivity index (χ2v) is 12.8. The molecule has 0 N–H and O–H groups in total. The normalized spacial score (nSPS) is 21.4. The molecule has 0 spiro atoms. The Labute approximate surface area is 233 Å². The highest BCUT2D eigenvalue weighted by atomic mass is 127. The fourth-order valence-electron chi connectivity index (χ4n) is 4.42. The molecule has 2 aromatic carbocycles. The molecule has 39 heavy (non-hydrogen) atoms. The highest BCUT2D eigenvalue weighted by Crippen LogP contribution is 2.58. The van der Waals surface area contributed by atoms with E-state index in [0.717, 1.165) is 11.2 Å². The molecule has 1 saturated heterocycles. The predicted octanol–water partition coefficient (Wildman–Crippen LogP) is 8.02. The smallest absolute Gasteiger partial charge is 0.207 e. The minimum absolute atomic E-state index is 0.112. The first-order valence-electron chi connectivity index (χ1n) is 11.3. The first kappa shape index (κ1) is 31.7. The first-order valence-corrected chi connectivity index (χ1v) is 13.8. The van der Waals surface area contributed by atoms with Gasteiger partial charge in [-0.15, -0.1) is 0 Å². The quantitative estimate of drug-likeness (QED) is 0.217. The molecule has 3 rings (SSSR count). The lowest BCUT2D eigenvalue weighted by Crippen LogP contribution is -2.61. The van der Waals surface area contributed by atoms with Crippen molar-refractivity contribution in [2.45, 2.75) is 56.0 Å². The molecule has 0 amide bonds. The van der Waals surface area contributed by atoms with Crippen molar-refractivity contribution in [1.29, 1.82) is 0 Å². The Morgan fingerprint density at radius 2 is 1.44 bits per heavy atom. The number of rotatable bonds is 7. The lowest BCUT2D eigenvalue weighted by atomic mass is 9.76. The van der Waals surface area contributed by atoms with Gasteiger partial charge in [0.1, 0.15) is 0 Å². The van der Waals surface area contributed by atoms with Crippen molar-refractivity contribution in [3.8, 4) is 0 Å². The molecule has 216 valence electrons. The van der Waals surface area contributed by atoms with Crippen LogP contribution in [0.4, 0.5) is 39.5 Å². The molecule has 0 bridgehead atoms. The van der Waals surface area contributed by atoms with Gasteiger partial charge in [-0.2, -0.15) is 43.8 Å². The third kappa shape index (κ3) is 5.56. The van der Waals surface area contributed by atoms with Crippen LogP contribution in [-0.4, -0.2) is 49.8 Å². The van der Waals surface area contributed by atoms with Crippen molar-refractivity contribution in [2.75, 3.05) is 13.1 Å². The molecular formula is C25H23F9INO2S. The van der Waals surface area contributed by atoms with Gasteiger partial charge in [0, 0.05) is 28.5 Å². The van der Waals surface area contributed by atoms with Crippen LogP contribution in [0.5, 0.6) is 0 Å². The highest BCUT2D eigenvalue weighted by molar-refractivity contribution is 14.1. The van der Waals surface area contributed by atoms with E-state index < -0.39 is 58.9 Å². The standard InChI is InChI=1S/C25H23F9INO2S/c1-15-8-10-17(11-9-15)39(37,38)36-12-19(20(35)18-7-5-4-6-16(18)2)21(3,14-36)13-22(26,27)23(28,29)24(30,31)25(32,33)34/h4-11H,12-14H2,1-3H3. The van der Waals surface area contributed by atoms with Gasteiger partial charge in [-0.3, -0.25) is 0 Å². The average molecular weight is 699 g/mol. The van der Waals surface area contributed by atoms with Crippen molar-refractivity contribution in [2.24, 2.45) is 5.41 Å². The minimum Gasteiger partial charge on any atom is -0.207 e. The van der Waals surface area contributed by atoms with Crippen molar-refractivity contribution in [3.63, 3.8) is 0 Å². The maximum Gasteiger partial charge on any atom is 0.460 e. The van der Waals surface area contributed by atoms with Crippen LogP contribution in [0.1, 0.15) is 30.0 Å².